The van der Waals surface area contributed by atoms with Crippen LogP contribution in [-0.4, -0.2) is 64.4 Å². The smallest absolute Gasteiger partial charge is 0.254 e. The quantitative estimate of drug-likeness (QED) is 0.814. The van der Waals surface area contributed by atoms with Gasteiger partial charge >= 0.3 is 0 Å². The monoisotopic (exact) mass is 382 g/mol. The van der Waals surface area contributed by atoms with E-state index in [0.717, 1.165) is 13.1 Å². The van der Waals surface area contributed by atoms with Crippen molar-refractivity contribution in [3.05, 3.63) is 54.1 Å². The lowest BCUT2D eigenvalue weighted by Crippen LogP contribution is -2.62. The van der Waals surface area contributed by atoms with E-state index in [-0.39, 0.29) is 11.3 Å². The molecule has 0 bridgehead atoms. The highest BCUT2D eigenvalue weighted by Gasteiger charge is 2.46. The number of hydrogen-bond donors (Lipinski definition) is 0. The second kappa shape index (κ2) is 7.72. The Balaban J connectivity index is 1.48. The third kappa shape index (κ3) is 3.52. The Morgan fingerprint density at radius 2 is 1.75 bits per heavy atom. The second-order valence-corrected chi connectivity index (χ2v) is 7.54. The zero-order valence-electron chi connectivity index (χ0n) is 16.4. The van der Waals surface area contributed by atoms with Crippen LogP contribution in [0.25, 0.3) is 0 Å². The number of carbonyl (C=O) groups excluding carboxylic acids is 1. The summed E-state index contributed by atoms with van der Waals surface area (Å²) in [4.78, 5) is 17.4. The first kappa shape index (κ1) is 18.6. The number of rotatable bonds is 4. The molecule has 28 heavy (non-hydrogen) atoms. The summed E-state index contributed by atoms with van der Waals surface area (Å²) >= 11 is 0. The van der Waals surface area contributed by atoms with Gasteiger partial charge in [-0.05, 0) is 30.3 Å². The minimum absolute atomic E-state index is 0.00369. The molecule has 0 aliphatic carbocycles. The molecule has 2 saturated heterocycles. The van der Waals surface area contributed by atoms with Gasteiger partial charge in [0.25, 0.3) is 5.91 Å². The van der Waals surface area contributed by atoms with Crippen LogP contribution >= 0.6 is 0 Å². The maximum absolute atomic E-state index is 13.2. The lowest BCUT2D eigenvalue weighted by molar-refractivity contribution is 0.0441. The van der Waals surface area contributed by atoms with Crippen molar-refractivity contribution in [1.82, 2.24) is 4.90 Å². The molecule has 1 amide bonds. The summed E-state index contributed by atoms with van der Waals surface area (Å²) in [7, 11) is 3.16. The van der Waals surface area contributed by atoms with Gasteiger partial charge in [-0.25, -0.2) is 0 Å². The van der Waals surface area contributed by atoms with Gasteiger partial charge in [0.2, 0.25) is 0 Å². The third-order valence-electron chi connectivity index (χ3n) is 5.53. The summed E-state index contributed by atoms with van der Waals surface area (Å²) in [6.07, 6.45) is 0. The molecule has 2 aliphatic rings. The summed E-state index contributed by atoms with van der Waals surface area (Å²) in [5, 5.41) is 0. The van der Waals surface area contributed by atoms with Crippen molar-refractivity contribution in [2.75, 3.05) is 58.5 Å². The van der Waals surface area contributed by atoms with Gasteiger partial charge in [0.1, 0.15) is 0 Å². The molecule has 6 nitrogen and oxygen atoms in total. The van der Waals surface area contributed by atoms with Crippen LogP contribution in [0.2, 0.25) is 0 Å². The normalized spacial score (nSPS) is 18.4. The molecule has 148 valence electrons. The molecule has 0 radical (unpaired) electrons. The molecule has 4 rings (SSSR count). The van der Waals surface area contributed by atoms with Gasteiger partial charge < -0.3 is 24.0 Å². The van der Waals surface area contributed by atoms with Gasteiger partial charge in [-0.2, -0.15) is 0 Å². The van der Waals surface area contributed by atoms with Crippen LogP contribution in [-0.2, 0) is 4.74 Å². The van der Waals surface area contributed by atoms with Gasteiger partial charge in [0, 0.05) is 42.8 Å². The van der Waals surface area contributed by atoms with Crippen LogP contribution in [0.4, 0.5) is 5.69 Å². The Kier molecular flexibility index (Phi) is 5.13. The Morgan fingerprint density at radius 3 is 2.46 bits per heavy atom. The number of anilines is 1. The number of para-hydroxylation sites is 1. The fourth-order valence-electron chi connectivity index (χ4n) is 4.09. The zero-order chi connectivity index (χ0) is 19.6. The van der Waals surface area contributed by atoms with Crippen molar-refractivity contribution >= 4 is 11.6 Å². The minimum Gasteiger partial charge on any atom is -0.493 e. The van der Waals surface area contributed by atoms with E-state index in [2.05, 4.69) is 29.2 Å². The lowest BCUT2D eigenvalue weighted by Gasteiger charge is -2.51. The molecule has 2 aromatic rings. The van der Waals surface area contributed by atoms with Crippen LogP contribution in [0.1, 0.15) is 10.4 Å². The molecule has 0 saturated carbocycles. The lowest BCUT2D eigenvalue weighted by atomic mass is 9.79. The predicted octanol–water partition coefficient (Wildman–Crippen LogP) is 2.68. The maximum atomic E-state index is 13.2. The average Bonchev–Trinajstić information content (AvgIpc) is 2.95. The fourth-order valence-corrected chi connectivity index (χ4v) is 4.09. The largest absolute Gasteiger partial charge is 0.493 e. The molecular weight excluding hydrogens is 356 g/mol. The zero-order valence-corrected chi connectivity index (χ0v) is 16.4. The summed E-state index contributed by atoms with van der Waals surface area (Å²) in [6, 6.07) is 15.7. The number of carbonyl (C=O) groups is 1. The van der Waals surface area contributed by atoms with Crippen molar-refractivity contribution in [2.24, 2.45) is 5.41 Å². The van der Waals surface area contributed by atoms with Crippen molar-refractivity contribution < 1.29 is 19.0 Å². The van der Waals surface area contributed by atoms with Crippen molar-refractivity contribution in [1.29, 1.82) is 0 Å². The summed E-state index contributed by atoms with van der Waals surface area (Å²) in [6.45, 7) is 4.33. The van der Waals surface area contributed by atoms with Gasteiger partial charge in [0.15, 0.2) is 11.5 Å². The topological polar surface area (TPSA) is 51.2 Å². The number of amides is 1. The first-order chi connectivity index (χ1) is 13.6. The molecule has 2 heterocycles. The van der Waals surface area contributed by atoms with Crippen LogP contribution < -0.4 is 14.4 Å². The average molecular weight is 382 g/mol. The first-order valence-electron chi connectivity index (χ1n) is 9.53. The Hall–Kier alpha value is -2.73. The number of ether oxygens (including phenoxy) is 3. The van der Waals surface area contributed by atoms with E-state index in [1.165, 1.54) is 5.69 Å². The summed E-state index contributed by atoms with van der Waals surface area (Å²) in [5.41, 5.74) is 1.81. The maximum Gasteiger partial charge on any atom is 0.254 e. The van der Waals surface area contributed by atoms with Crippen LogP contribution in [0.3, 0.4) is 0 Å². The van der Waals surface area contributed by atoms with E-state index >= 15 is 0 Å². The number of hydrogen-bond acceptors (Lipinski definition) is 5. The van der Waals surface area contributed by atoms with E-state index in [9.17, 15) is 4.79 Å². The molecule has 2 aromatic carbocycles. The molecule has 0 atom stereocenters. The van der Waals surface area contributed by atoms with E-state index in [0.29, 0.717) is 43.4 Å². The fraction of sp³-hybridized carbons (Fsp3) is 0.409. The van der Waals surface area contributed by atoms with E-state index in [1.807, 2.05) is 11.0 Å². The molecule has 0 unspecified atom stereocenters. The van der Waals surface area contributed by atoms with E-state index < -0.39 is 0 Å². The predicted molar refractivity (Wildman–Crippen MR) is 107 cm³/mol. The molecule has 1 spiro atoms. The summed E-state index contributed by atoms with van der Waals surface area (Å²) in [5.74, 6) is 1.18. The molecule has 2 fully saturated rings. The highest BCUT2D eigenvalue weighted by molar-refractivity contribution is 5.95. The van der Waals surface area contributed by atoms with Crippen molar-refractivity contribution in [3.63, 3.8) is 0 Å². The van der Waals surface area contributed by atoms with Crippen LogP contribution in [0, 0.1) is 5.41 Å². The molecule has 0 aromatic heterocycles. The van der Waals surface area contributed by atoms with Crippen molar-refractivity contribution in [2.45, 2.75) is 0 Å². The summed E-state index contributed by atoms with van der Waals surface area (Å²) < 4.78 is 16.5. The van der Waals surface area contributed by atoms with Gasteiger partial charge in [0.05, 0.1) is 27.4 Å². The standard InChI is InChI=1S/C22H26N2O4/c1-26-19-9-8-17(12-20(19)27-2)21(25)23-10-11-28-16-22(13-23)14-24(15-22)18-6-4-3-5-7-18/h3-9,12H,10-11,13-16H2,1-2H3. The van der Waals surface area contributed by atoms with Gasteiger partial charge in [-0.3, -0.25) is 4.79 Å². The van der Waals surface area contributed by atoms with E-state index in [4.69, 9.17) is 14.2 Å². The highest BCUT2D eigenvalue weighted by Crippen LogP contribution is 2.37. The van der Waals surface area contributed by atoms with E-state index in [1.54, 1.807) is 32.4 Å². The van der Waals surface area contributed by atoms with Gasteiger partial charge in [-0.15, -0.1) is 0 Å². The van der Waals surface area contributed by atoms with Crippen molar-refractivity contribution in [3.8, 4) is 11.5 Å². The Morgan fingerprint density at radius 1 is 1.00 bits per heavy atom. The number of nitrogens with zero attached hydrogens (tertiary/aromatic N) is 2. The highest BCUT2D eigenvalue weighted by atomic mass is 16.5. The molecule has 6 heteroatoms. The van der Waals surface area contributed by atoms with Gasteiger partial charge in [-0.1, -0.05) is 18.2 Å². The minimum atomic E-state index is -0.0153. The van der Waals surface area contributed by atoms with Crippen LogP contribution in [0.15, 0.2) is 48.5 Å². The number of benzene rings is 2. The third-order valence-corrected chi connectivity index (χ3v) is 5.53. The molecule has 0 N–H and O–H groups in total. The number of methoxy groups -OCH3 is 2. The second-order valence-electron chi connectivity index (χ2n) is 7.54. The molecule has 2 aliphatic heterocycles. The molecular formula is C22H26N2O4. The SMILES string of the molecule is COc1ccc(C(=O)N2CCOCC3(C2)CN(c2ccccc2)C3)cc1OC. The Labute approximate surface area is 165 Å². The first-order valence-corrected chi connectivity index (χ1v) is 9.53. The Bertz CT molecular complexity index is 834. The van der Waals surface area contributed by atoms with Crippen LogP contribution in [0.5, 0.6) is 11.5 Å².